The van der Waals surface area contributed by atoms with Gasteiger partial charge < -0.3 is 21.5 Å². The summed E-state index contributed by atoms with van der Waals surface area (Å²) in [5, 5.41) is 3.34. The normalized spacial score (nSPS) is 22.8. The number of nitrogens with zero attached hydrogens (tertiary/aromatic N) is 1. The average Bonchev–Trinajstić information content (AvgIpc) is 2.41. The molecule has 1 amide bonds. The van der Waals surface area contributed by atoms with Gasteiger partial charge in [-0.3, -0.25) is 4.79 Å². The minimum atomic E-state index is -0.542. The lowest BCUT2D eigenvalue weighted by Gasteiger charge is -2.27. The zero-order valence-electron chi connectivity index (χ0n) is 11.1. The van der Waals surface area contributed by atoms with Crippen molar-refractivity contribution in [3.05, 3.63) is 17.7 Å². The first-order chi connectivity index (χ1) is 9.10. The summed E-state index contributed by atoms with van der Waals surface area (Å²) in [5.41, 5.74) is 11.4. The lowest BCUT2D eigenvalue weighted by Crippen LogP contribution is -2.33. The summed E-state index contributed by atoms with van der Waals surface area (Å²) in [6.45, 7) is 0. The summed E-state index contributed by atoms with van der Waals surface area (Å²) in [6, 6.07) is 4.07. The second-order valence-corrected chi connectivity index (χ2v) is 4.87. The fourth-order valence-electron chi connectivity index (χ4n) is 2.34. The molecule has 1 aliphatic rings. The fourth-order valence-corrected chi connectivity index (χ4v) is 2.34. The molecule has 1 heterocycles. The van der Waals surface area contributed by atoms with Crippen LogP contribution in [-0.4, -0.2) is 30.1 Å². The van der Waals surface area contributed by atoms with Crippen molar-refractivity contribution in [1.29, 1.82) is 0 Å². The third kappa shape index (κ3) is 3.35. The summed E-state index contributed by atoms with van der Waals surface area (Å²) in [5.74, 6) is 0.409. The second kappa shape index (κ2) is 5.88. The van der Waals surface area contributed by atoms with Crippen LogP contribution in [0.25, 0.3) is 0 Å². The molecule has 0 aliphatic heterocycles. The van der Waals surface area contributed by atoms with E-state index in [-0.39, 0.29) is 5.88 Å². The molecule has 5 N–H and O–H groups in total. The van der Waals surface area contributed by atoms with Gasteiger partial charge in [0.15, 0.2) is 0 Å². The zero-order chi connectivity index (χ0) is 13.8. The van der Waals surface area contributed by atoms with Crippen LogP contribution in [0, 0.1) is 0 Å². The molecule has 0 atom stereocenters. The van der Waals surface area contributed by atoms with Gasteiger partial charge in [0.05, 0.1) is 7.11 Å². The third-order valence-electron chi connectivity index (χ3n) is 3.44. The molecule has 0 unspecified atom stereocenters. The molecule has 2 rings (SSSR count). The highest BCUT2D eigenvalue weighted by Gasteiger charge is 2.19. The van der Waals surface area contributed by atoms with E-state index < -0.39 is 5.91 Å². The molecule has 6 heteroatoms. The maximum Gasteiger partial charge on any atom is 0.254 e. The highest BCUT2D eigenvalue weighted by atomic mass is 16.5. The zero-order valence-corrected chi connectivity index (χ0v) is 11.1. The molecule has 6 nitrogen and oxygen atoms in total. The Balaban J connectivity index is 2.07. The number of carbonyl (C=O) groups is 1. The summed E-state index contributed by atoms with van der Waals surface area (Å²) < 4.78 is 5.08. The van der Waals surface area contributed by atoms with Crippen LogP contribution in [0.5, 0.6) is 5.88 Å². The first-order valence-electron chi connectivity index (χ1n) is 6.47. The molecule has 0 spiro atoms. The van der Waals surface area contributed by atoms with Crippen molar-refractivity contribution in [1.82, 2.24) is 4.98 Å². The van der Waals surface area contributed by atoms with Crippen molar-refractivity contribution in [2.45, 2.75) is 37.8 Å². The molecule has 0 saturated heterocycles. The molecule has 0 aromatic carbocycles. The van der Waals surface area contributed by atoms with Crippen molar-refractivity contribution in [3.8, 4) is 5.88 Å². The van der Waals surface area contributed by atoms with E-state index in [1.54, 1.807) is 12.1 Å². The second-order valence-electron chi connectivity index (χ2n) is 4.87. The van der Waals surface area contributed by atoms with Crippen LogP contribution in [0.4, 0.5) is 5.82 Å². The van der Waals surface area contributed by atoms with Crippen LogP contribution in [-0.2, 0) is 0 Å². The lowest BCUT2D eigenvalue weighted by atomic mass is 9.92. The smallest absolute Gasteiger partial charge is 0.254 e. The molecule has 1 aromatic heterocycles. The van der Waals surface area contributed by atoms with Gasteiger partial charge >= 0.3 is 0 Å². The van der Waals surface area contributed by atoms with E-state index >= 15 is 0 Å². The monoisotopic (exact) mass is 264 g/mol. The van der Waals surface area contributed by atoms with E-state index in [4.69, 9.17) is 16.2 Å². The number of aromatic nitrogens is 1. The van der Waals surface area contributed by atoms with Gasteiger partial charge in [-0.15, -0.1) is 0 Å². The SMILES string of the molecule is COc1nc(N[C@H]2CC[C@H](N)CC2)ccc1C(N)=O. The largest absolute Gasteiger partial charge is 0.480 e. The third-order valence-corrected chi connectivity index (χ3v) is 3.44. The topological polar surface area (TPSA) is 103 Å². The minimum Gasteiger partial charge on any atom is -0.480 e. The maximum absolute atomic E-state index is 11.2. The van der Waals surface area contributed by atoms with E-state index in [9.17, 15) is 4.79 Å². The summed E-state index contributed by atoms with van der Waals surface area (Å²) in [6.07, 6.45) is 4.10. The summed E-state index contributed by atoms with van der Waals surface area (Å²) in [7, 11) is 1.47. The molecule has 19 heavy (non-hydrogen) atoms. The summed E-state index contributed by atoms with van der Waals surface area (Å²) in [4.78, 5) is 15.4. The molecule has 1 aromatic rings. The van der Waals surface area contributed by atoms with Gasteiger partial charge in [0, 0.05) is 12.1 Å². The number of nitrogens with two attached hydrogens (primary N) is 2. The van der Waals surface area contributed by atoms with E-state index in [1.165, 1.54) is 7.11 Å². The number of methoxy groups -OCH3 is 1. The van der Waals surface area contributed by atoms with Crippen LogP contribution < -0.4 is 21.5 Å². The Morgan fingerprint density at radius 3 is 2.63 bits per heavy atom. The Morgan fingerprint density at radius 1 is 1.37 bits per heavy atom. The minimum absolute atomic E-state index is 0.255. The maximum atomic E-state index is 11.2. The Kier molecular flexibility index (Phi) is 4.21. The number of ether oxygens (including phenoxy) is 1. The van der Waals surface area contributed by atoms with Gasteiger partial charge in [0.2, 0.25) is 5.88 Å². The molecule has 104 valence electrons. The first kappa shape index (κ1) is 13.6. The number of amides is 1. The van der Waals surface area contributed by atoms with Crippen LogP contribution in [0.2, 0.25) is 0 Å². The molecule has 0 radical (unpaired) electrons. The predicted molar refractivity (Wildman–Crippen MR) is 73.2 cm³/mol. The van der Waals surface area contributed by atoms with Gasteiger partial charge in [-0.1, -0.05) is 0 Å². The molecular formula is C13H20N4O2. The van der Waals surface area contributed by atoms with Crippen LogP contribution >= 0.6 is 0 Å². The van der Waals surface area contributed by atoms with Crippen LogP contribution in [0.15, 0.2) is 12.1 Å². The quantitative estimate of drug-likeness (QED) is 0.748. The van der Waals surface area contributed by atoms with Gasteiger partial charge in [-0.25, -0.2) is 0 Å². The van der Waals surface area contributed by atoms with Crippen LogP contribution in [0.1, 0.15) is 36.0 Å². The number of primary amides is 1. The Labute approximate surface area is 112 Å². The molecule has 0 bridgehead atoms. The van der Waals surface area contributed by atoms with E-state index in [0.717, 1.165) is 25.7 Å². The Morgan fingerprint density at radius 2 is 2.05 bits per heavy atom. The molecule has 1 saturated carbocycles. The Bertz CT molecular complexity index is 456. The Hall–Kier alpha value is -1.82. The molecule has 1 fully saturated rings. The van der Waals surface area contributed by atoms with Gasteiger partial charge in [0.25, 0.3) is 5.91 Å². The van der Waals surface area contributed by atoms with Crippen molar-refractivity contribution in [2.75, 3.05) is 12.4 Å². The molecule has 1 aliphatic carbocycles. The standard InChI is InChI=1S/C13H20N4O2/c1-19-13-10(12(15)18)6-7-11(17-13)16-9-4-2-8(14)3-5-9/h6-9H,2-5,14H2,1H3,(H2,15,18)(H,16,17)/t8-,9-. The lowest BCUT2D eigenvalue weighted by molar-refractivity contribution is 0.0996. The summed E-state index contributed by atoms with van der Waals surface area (Å²) >= 11 is 0. The highest BCUT2D eigenvalue weighted by Crippen LogP contribution is 2.23. The average molecular weight is 264 g/mol. The number of rotatable bonds is 4. The van der Waals surface area contributed by atoms with Gasteiger partial charge in [-0.05, 0) is 37.8 Å². The number of nitrogens with one attached hydrogen (secondary N) is 1. The van der Waals surface area contributed by atoms with Crippen molar-refractivity contribution < 1.29 is 9.53 Å². The first-order valence-corrected chi connectivity index (χ1v) is 6.47. The van der Waals surface area contributed by atoms with E-state index in [0.29, 0.717) is 23.5 Å². The van der Waals surface area contributed by atoms with Crippen molar-refractivity contribution >= 4 is 11.7 Å². The number of carbonyl (C=O) groups excluding carboxylic acids is 1. The van der Waals surface area contributed by atoms with Crippen molar-refractivity contribution in [3.63, 3.8) is 0 Å². The number of hydrogen-bond donors (Lipinski definition) is 3. The van der Waals surface area contributed by atoms with E-state index in [1.807, 2.05) is 0 Å². The number of pyridine rings is 1. The van der Waals surface area contributed by atoms with Crippen molar-refractivity contribution in [2.24, 2.45) is 11.5 Å². The fraction of sp³-hybridized carbons (Fsp3) is 0.538. The van der Waals surface area contributed by atoms with Gasteiger partial charge in [-0.2, -0.15) is 4.98 Å². The highest BCUT2D eigenvalue weighted by molar-refractivity contribution is 5.95. The number of hydrogen-bond acceptors (Lipinski definition) is 5. The van der Waals surface area contributed by atoms with Crippen LogP contribution in [0.3, 0.4) is 0 Å². The molecular weight excluding hydrogens is 244 g/mol. The van der Waals surface area contributed by atoms with Gasteiger partial charge in [0.1, 0.15) is 11.4 Å². The predicted octanol–water partition coefficient (Wildman–Crippen LogP) is 0.871. The van der Waals surface area contributed by atoms with E-state index in [2.05, 4.69) is 10.3 Å². The number of anilines is 1.